The molecule has 1 atom stereocenters. The molecule has 0 spiro atoms. The fraction of sp³-hybridized carbons (Fsp3) is 0.500. The van der Waals surface area contributed by atoms with Crippen LogP contribution in [0.2, 0.25) is 0 Å². The Labute approximate surface area is 108 Å². The van der Waals surface area contributed by atoms with Gasteiger partial charge in [0.05, 0.1) is 11.0 Å². The van der Waals surface area contributed by atoms with Crippen molar-refractivity contribution in [3.05, 3.63) is 29.8 Å². The molecule has 1 unspecified atom stereocenters. The van der Waals surface area contributed by atoms with E-state index in [-0.39, 0.29) is 6.10 Å². The number of carbonyl (C=O) groups excluding carboxylic acids is 1. The molecule has 0 radical (unpaired) electrons. The molecule has 0 aromatic heterocycles. The summed E-state index contributed by atoms with van der Waals surface area (Å²) >= 11 is 0. The van der Waals surface area contributed by atoms with Gasteiger partial charge < -0.3 is 0 Å². The molecule has 3 nitrogen and oxygen atoms in total. The summed E-state index contributed by atoms with van der Waals surface area (Å²) in [7, 11) is -3.13. The Bertz CT molecular complexity index is 529. The lowest BCUT2D eigenvalue weighted by Crippen LogP contribution is -2.21. The van der Waals surface area contributed by atoms with Crippen LogP contribution >= 0.6 is 0 Å². The van der Waals surface area contributed by atoms with Gasteiger partial charge in [-0.3, -0.25) is 4.18 Å². The van der Waals surface area contributed by atoms with Gasteiger partial charge >= 0.3 is 0 Å². The highest BCUT2D eigenvalue weighted by atomic mass is 32.2. The summed E-state index contributed by atoms with van der Waals surface area (Å²) in [5, 5.41) is 1.62. The number of hydrogen-bond donors (Lipinski definition) is 0. The zero-order valence-corrected chi connectivity index (χ0v) is 11.4. The second-order valence-corrected chi connectivity index (χ2v) is 6.59. The minimum atomic E-state index is -3.13. The van der Waals surface area contributed by atoms with Crippen LogP contribution in [0, 0.1) is 6.92 Å². The maximum Gasteiger partial charge on any atom is 0.217 e. The van der Waals surface area contributed by atoms with E-state index in [1.54, 1.807) is 17.4 Å². The van der Waals surface area contributed by atoms with Crippen molar-refractivity contribution in [1.82, 2.24) is 0 Å². The maximum absolute atomic E-state index is 12.5. The normalized spacial score (nSPS) is 20.1. The summed E-state index contributed by atoms with van der Waals surface area (Å²) in [6, 6.07) is 7.03. The van der Waals surface area contributed by atoms with E-state index in [1.807, 2.05) is 19.1 Å². The van der Waals surface area contributed by atoms with Gasteiger partial charge in [-0.25, -0.2) is 9.00 Å². The van der Waals surface area contributed by atoms with Gasteiger partial charge in [0.25, 0.3) is 0 Å². The third kappa shape index (κ3) is 3.02. The highest BCUT2D eigenvalue weighted by molar-refractivity contribution is 7.96. The standard InChI is InChI=1S/C14H18O3S/c1-12-7-9-14(10-8-12)18(16,11-15)17-13-5-3-2-4-6-13/h7-10,13H,2-6H2,1H3. The van der Waals surface area contributed by atoms with Crippen LogP contribution in [0.4, 0.5) is 0 Å². The van der Waals surface area contributed by atoms with Crippen LogP contribution in [0.1, 0.15) is 37.7 Å². The lowest BCUT2D eigenvalue weighted by Gasteiger charge is -2.22. The molecule has 0 bridgehead atoms. The summed E-state index contributed by atoms with van der Waals surface area (Å²) in [4.78, 5) is 11.5. The van der Waals surface area contributed by atoms with Gasteiger partial charge in [-0.05, 0) is 31.9 Å². The molecule has 1 aliphatic rings. The number of hydrogen-bond acceptors (Lipinski definition) is 3. The van der Waals surface area contributed by atoms with Gasteiger partial charge in [0.15, 0.2) is 9.80 Å². The molecule has 2 rings (SSSR count). The van der Waals surface area contributed by atoms with Gasteiger partial charge in [0, 0.05) is 0 Å². The quantitative estimate of drug-likeness (QED) is 0.790. The van der Waals surface area contributed by atoms with E-state index >= 15 is 0 Å². The first-order chi connectivity index (χ1) is 8.64. The second kappa shape index (κ2) is 5.70. The molecule has 0 heterocycles. The van der Waals surface area contributed by atoms with Crippen LogP contribution in [0.15, 0.2) is 29.2 Å². The molecule has 4 heteroatoms. The first kappa shape index (κ1) is 13.3. The molecular formula is C14H18O3S. The fourth-order valence-corrected chi connectivity index (χ4v) is 3.51. The van der Waals surface area contributed by atoms with Gasteiger partial charge in [-0.1, -0.05) is 37.0 Å². The highest BCUT2D eigenvalue weighted by Crippen LogP contribution is 2.24. The zero-order valence-electron chi connectivity index (χ0n) is 10.6. The van der Waals surface area contributed by atoms with Crippen molar-refractivity contribution in [1.29, 1.82) is 0 Å². The minimum absolute atomic E-state index is 0.0750. The van der Waals surface area contributed by atoms with Gasteiger partial charge in [0.2, 0.25) is 5.23 Å². The van der Waals surface area contributed by atoms with E-state index in [0.29, 0.717) is 4.90 Å². The molecule has 0 amide bonds. The lowest BCUT2D eigenvalue weighted by molar-refractivity contribution is 0.172. The van der Waals surface area contributed by atoms with E-state index < -0.39 is 9.80 Å². The van der Waals surface area contributed by atoms with Crippen LogP contribution in [0.25, 0.3) is 0 Å². The van der Waals surface area contributed by atoms with Crippen LogP contribution in [0.3, 0.4) is 0 Å². The van der Waals surface area contributed by atoms with Gasteiger partial charge in [0.1, 0.15) is 0 Å². The van der Waals surface area contributed by atoms with E-state index in [2.05, 4.69) is 0 Å². The smallest absolute Gasteiger partial charge is 0.217 e. The Morgan fingerprint density at radius 1 is 1.17 bits per heavy atom. The first-order valence-electron chi connectivity index (χ1n) is 6.32. The minimum Gasteiger partial charge on any atom is -0.283 e. The molecule has 18 heavy (non-hydrogen) atoms. The summed E-state index contributed by atoms with van der Waals surface area (Å²) in [5.41, 5.74) is 1.06. The molecule has 1 fully saturated rings. The first-order valence-corrected chi connectivity index (χ1v) is 7.80. The maximum atomic E-state index is 12.5. The molecular weight excluding hydrogens is 248 g/mol. The van der Waals surface area contributed by atoms with Gasteiger partial charge in [-0.2, -0.15) is 0 Å². The largest absolute Gasteiger partial charge is 0.283 e. The Balaban J connectivity index is 2.23. The number of rotatable bonds is 3. The third-order valence-electron chi connectivity index (χ3n) is 3.26. The molecule has 1 saturated carbocycles. The third-order valence-corrected chi connectivity index (χ3v) is 4.92. The van der Waals surface area contributed by atoms with Crippen molar-refractivity contribution < 1.29 is 13.2 Å². The summed E-state index contributed by atoms with van der Waals surface area (Å²) in [5.74, 6) is 0. The topological polar surface area (TPSA) is 43.4 Å². The fourth-order valence-electron chi connectivity index (χ4n) is 2.19. The van der Waals surface area contributed by atoms with E-state index in [4.69, 9.17) is 4.18 Å². The predicted octanol–water partition coefficient (Wildman–Crippen LogP) is 2.97. The molecule has 98 valence electrons. The van der Waals surface area contributed by atoms with Crippen molar-refractivity contribution in [2.24, 2.45) is 0 Å². The predicted molar refractivity (Wildman–Crippen MR) is 71.2 cm³/mol. The van der Waals surface area contributed by atoms with E-state index in [0.717, 1.165) is 31.2 Å². The SMILES string of the molecule is Cc1ccc(S(=O)(=C=O)OC2CCCCC2)cc1. The van der Waals surface area contributed by atoms with Crippen LogP contribution in [0.5, 0.6) is 0 Å². The molecule has 1 aromatic rings. The van der Waals surface area contributed by atoms with Crippen LogP contribution < -0.4 is 0 Å². The summed E-state index contributed by atoms with van der Waals surface area (Å²) in [6.07, 6.45) is 5.03. The van der Waals surface area contributed by atoms with Gasteiger partial charge in [-0.15, -0.1) is 0 Å². The average molecular weight is 266 g/mol. The Hall–Kier alpha value is -1.09. The van der Waals surface area contributed by atoms with Crippen LogP contribution in [-0.4, -0.2) is 15.5 Å². The lowest BCUT2D eigenvalue weighted by atomic mass is 9.98. The second-order valence-electron chi connectivity index (χ2n) is 4.76. The highest BCUT2D eigenvalue weighted by Gasteiger charge is 2.21. The van der Waals surface area contributed by atoms with Crippen LogP contribution in [-0.2, 0) is 18.8 Å². The Kier molecular flexibility index (Phi) is 4.23. The molecule has 1 aromatic carbocycles. The zero-order chi connectivity index (χ0) is 13.0. The van der Waals surface area contributed by atoms with E-state index in [1.165, 1.54) is 6.42 Å². The monoisotopic (exact) mass is 266 g/mol. The van der Waals surface area contributed by atoms with Crippen molar-refractivity contribution in [2.45, 2.75) is 50.0 Å². The number of aryl methyl sites for hydroxylation is 1. The molecule has 1 aliphatic carbocycles. The summed E-state index contributed by atoms with van der Waals surface area (Å²) in [6.45, 7) is 1.94. The van der Waals surface area contributed by atoms with Crippen molar-refractivity contribution >= 4 is 15.0 Å². The van der Waals surface area contributed by atoms with Crippen molar-refractivity contribution in [3.8, 4) is 0 Å². The summed E-state index contributed by atoms with van der Waals surface area (Å²) < 4.78 is 18.0. The molecule has 0 aliphatic heterocycles. The average Bonchev–Trinajstić information content (AvgIpc) is 2.40. The molecule has 0 N–H and O–H groups in total. The van der Waals surface area contributed by atoms with Crippen molar-refractivity contribution in [3.63, 3.8) is 0 Å². The Morgan fingerprint density at radius 2 is 1.78 bits per heavy atom. The molecule has 0 saturated heterocycles. The number of benzene rings is 1. The van der Waals surface area contributed by atoms with Crippen molar-refractivity contribution in [2.75, 3.05) is 0 Å². The Morgan fingerprint density at radius 3 is 2.33 bits per heavy atom. The van der Waals surface area contributed by atoms with E-state index in [9.17, 15) is 9.00 Å².